The van der Waals surface area contributed by atoms with Crippen LogP contribution in [0.5, 0.6) is 0 Å². The molecule has 0 saturated heterocycles. The monoisotopic (exact) mass is 996 g/mol. The van der Waals surface area contributed by atoms with Gasteiger partial charge in [0, 0.05) is 60.5 Å². The van der Waals surface area contributed by atoms with Crippen LogP contribution in [0.1, 0.15) is 11.1 Å². The van der Waals surface area contributed by atoms with Crippen molar-refractivity contribution < 1.29 is 0 Å². The third-order valence-corrected chi connectivity index (χ3v) is 14.3. The fourth-order valence-corrected chi connectivity index (χ4v) is 10.6. The van der Waals surface area contributed by atoms with Crippen molar-refractivity contribution in [3.8, 4) is 103 Å². The quantitative estimate of drug-likeness (QED) is 0.139. The molecule has 10 aromatic carbocycles. The minimum Gasteiger partial charge on any atom is -0.309 e. The number of hydrogen-bond acceptors (Lipinski definition) is 8. The predicted molar refractivity (Wildman–Crippen MR) is 309 cm³/mol. The number of nitriles is 2. The third kappa shape index (κ3) is 7.89. The highest BCUT2D eigenvalue weighted by Gasteiger charge is 2.24. The summed E-state index contributed by atoms with van der Waals surface area (Å²) < 4.78 is 4.40. The van der Waals surface area contributed by atoms with Crippen molar-refractivity contribution in [2.45, 2.75) is 0 Å². The van der Waals surface area contributed by atoms with Gasteiger partial charge in [0.1, 0.15) is 6.07 Å². The van der Waals surface area contributed by atoms with Gasteiger partial charge in [-0.25, -0.2) is 29.9 Å². The number of rotatable bonds is 9. The lowest BCUT2D eigenvalue weighted by Crippen LogP contribution is -2.04. The van der Waals surface area contributed by atoms with Crippen LogP contribution < -0.4 is 0 Å². The molecule has 14 aromatic rings. The zero-order valence-electron chi connectivity index (χ0n) is 41.6. The van der Waals surface area contributed by atoms with E-state index >= 15 is 0 Å². The van der Waals surface area contributed by atoms with Gasteiger partial charge >= 0.3 is 0 Å². The number of hydrogen-bond donors (Lipinski definition) is 0. The van der Waals surface area contributed by atoms with Crippen LogP contribution in [0.4, 0.5) is 0 Å². The van der Waals surface area contributed by atoms with Gasteiger partial charge in [-0.1, -0.05) is 170 Å². The molecular formula is C68H40N10. The number of fused-ring (bicyclic) bond motifs is 6. The van der Waals surface area contributed by atoms with Gasteiger partial charge < -0.3 is 9.13 Å². The Kier molecular flexibility index (Phi) is 11.0. The first-order valence-electron chi connectivity index (χ1n) is 25.5. The molecule has 0 bridgehead atoms. The van der Waals surface area contributed by atoms with E-state index in [2.05, 4.69) is 81.9 Å². The van der Waals surface area contributed by atoms with Crippen LogP contribution in [-0.2, 0) is 0 Å². The number of aromatic nitrogens is 8. The minimum atomic E-state index is 0.462. The third-order valence-electron chi connectivity index (χ3n) is 14.3. The predicted octanol–water partition coefficient (Wildman–Crippen LogP) is 15.7. The molecule has 10 heteroatoms. The summed E-state index contributed by atoms with van der Waals surface area (Å²) in [5.74, 6) is 3.41. The lowest BCUT2D eigenvalue weighted by Gasteiger charge is -2.19. The smallest absolute Gasteiger partial charge is 0.164 e. The largest absolute Gasteiger partial charge is 0.309 e. The summed E-state index contributed by atoms with van der Waals surface area (Å²) in [5.41, 5.74) is 13.0. The lowest BCUT2D eigenvalue weighted by atomic mass is 9.98. The highest BCUT2D eigenvalue weighted by Crippen LogP contribution is 2.42. The summed E-state index contributed by atoms with van der Waals surface area (Å²) in [4.78, 5) is 30.1. The fourth-order valence-electron chi connectivity index (χ4n) is 10.6. The highest BCUT2D eigenvalue weighted by atomic mass is 15.1. The Morgan fingerprint density at radius 1 is 0.269 bits per heavy atom. The van der Waals surface area contributed by atoms with Crippen LogP contribution in [0.2, 0.25) is 0 Å². The second kappa shape index (κ2) is 18.9. The maximum absolute atomic E-state index is 11.4. The summed E-state index contributed by atoms with van der Waals surface area (Å²) in [6, 6.07) is 85.7. The van der Waals surface area contributed by atoms with Crippen molar-refractivity contribution in [3.05, 3.63) is 254 Å². The molecule has 0 radical (unpaired) electrons. The highest BCUT2D eigenvalue weighted by molar-refractivity contribution is 6.12. The molecule has 0 spiro atoms. The Bertz CT molecular complexity index is 4630. The van der Waals surface area contributed by atoms with E-state index < -0.39 is 0 Å². The number of para-hydroxylation sites is 2. The van der Waals surface area contributed by atoms with Crippen LogP contribution in [0, 0.1) is 22.7 Å². The number of benzene rings is 10. The van der Waals surface area contributed by atoms with Gasteiger partial charge in [-0.15, -0.1) is 0 Å². The molecule has 0 fully saturated rings. The van der Waals surface area contributed by atoms with E-state index in [1.807, 2.05) is 182 Å². The van der Waals surface area contributed by atoms with E-state index in [-0.39, 0.29) is 0 Å². The van der Waals surface area contributed by atoms with E-state index in [0.29, 0.717) is 51.8 Å². The normalized spacial score (nSPS) is 11.3. The summed E-state index contributed by atoms with van der Waals surface area (Å²) in [5, 5.41) is 25.6. The molecule has 0 N–H and O–H groups in total. The standard InChI is InChI=1S/C68H40N10/c69-41-43-18-17-27-48(36-43)54-40-61(77-57-30-15-13-28-52(57)55-37-49(32-34-59(55)77)67-73-63(44-19-5-1-6-20-44)71-64(74-67)45-21-7-2-8-22-45)51(42-70)39-62(54)78-58-31-16-14-29-53(58)56-38-50(33-35-60(56)78)68-75-65(46-23-9-3-10-24-46)72-66(76-68)47-25-11-4-12-26-47/h1-40H. The second-order valence-corrected chi connectivity index (χ2v) is 18.9. The summed E-state index contributed by atoms with van der Waals surface area (Å²) >= 11 is 0. The van der Waals surface area contributed by atoms with Crippen LogP contribution in [0.15, 0.2) is 243 Å². The van der Waals surface area contributed by atoms with Gasteiger partial charge in [-0.3, -0.25) is 0 Å². The fraction of sp³-hybridized carbons (Fsp3) is 0. The second-order valence-electron chi connectivity index (χ2n) is 18.9. The Morgan fingerprint density at radius 3 is 1.06 bits per heavy atom. The molecule has 10 nitrogen and oxygen atoms in total. The van der Waals surface area contributed by atoms with Gasteiger partial charge in [0.25, 0.3) is 0 Å². The molecular weight excluding hydrogens is 957 g/mol. The first-order valence-corrected chi connectivity index (χ1v) is 25.5. The minimum absolute atomic E-state index is 0.462. The zero-order valence-corrected chi connectivity index (χ0v) is 41.6. The Labute approximate surface area is 447 Å². The van der Waals surface area contributed by atoms with Gasteiger partial charge in [-0.05, 0) is 78.4 Å². The zero-order chi connectivity index (χ0) is 52.1. The SMILES string of the molecule is N#Cc1cccc(-c2cc(-n3c4ccccc4c4cc(-c5nc(-c6ccccc6)nc(-c6ccccc6)n5)ccc43)c(C#N)cc2-n2c3ccccc3c3cc(-c4nc(-c5ccccc5)nc(-c5ccccc5)n4)ccc32)c1. The summed E-state index contributed by atoms with van der Waals surface area (Å²) in [6.07, 6.45) is 0. The summed E-state index contributed by atoms with van der Waals surface area (Å²) in [6.45, 7) is 0. The first kappa shape index (κ1) is 45.4. The average molecular weight is 997 g/mol. The maximum Gasteiger partial charge on any atom is 0.164 e. The van der Waals surface area contributed by atoms with Gasteiger partial charge in [0.2, 0.25) is 0 Å². The molecule has 0 amide bonds. The van der Waals surface area contributed by atoms with Crippen molar-refractivity contribution in [2.75, 3.05) is 0 Å². The molecule has 0 aliphatic carbocycles. The van der Waals surface area contributed by atoms with Gasteiger partial charge in [0.15, 0.2) is 34.9 Å². The van der Waals surface area contributed by atoms with E-state index in [4.69, 9.17) is 29.9 Å². The van der Waals surface area contributed by atoms with E-state index in [1.54, 1.807) is 0 Å². The van der Waals surface area contributed by atoms with Gasteiger partial charge in [0.05, 0.1) is 50.6 Å². The molecule has 4 heterocycles. The molecule has 4 aromatic heterocycles. The van der Waals surface area contributed by atoms with Crippen molar-refractivity contribution >= 4 is 43.6 Å². The molecule has 14 rings (SSSR count). The van der Waals surface area contributed by atoms with Crippen molar-refractivity contribution in [1.82, 2.24) is 39.0 Å². The molecule has 0 unspecified atom stereocenters. The maximum atomic E-state index is 11.4. The van der Waals surface area contributed by atoms with E-state index in [9.17, 15) is 10.5 Å². The van der Waals surface area contributed by atoms with Crippen molar-refractivity contribution in [1.29, 1.82) is 10.5 Å². The average Bonchev–Trinajstić information content (AvgIpc) is 4.27. The van der Waals surface area contributed by atoms with Crippen LogP contribution in [0.3, 0.4) is 0 Å². The molecule has 0 saturated carbocycles. The van der Waals surface area contributed by atoms with Crippen LogP contribution in [0.25, 0.3) is 134 Å². The van der Waals surface area contributed by atoms with Crippen LogP contribution in [-0.4, -0.2) is 39.0 Å². The molecule has 0 atom stereocenters. The van der Waals surface area contributed by atoms with E-state index in [0.717, 1.165) is 93.8 Å². The Hall–Kier alpha value is -11.2. The lowest BCUT2D eigenvalue weighted by molar-refractivity contribution is 1.07. The van der Waals surface area contributed by atoms with Gasteiger partial charge in [-0.2, -0.15) is 10.5 Å². The van der Waals surface area contributed by atoms with Crippen molar-refractivity contribution in [2.24, 2.45) is 0 Å². The molecule has 0 aliphatic rings. The Morgan fingerprint density at radius 2 is 0.641 bits per heavy atom. The molecule has 362 valence electrons. The molecule has 78 heavy (non-hydrogen) atoms. The van der Waals surface area contributed by atoms with Crippen molar-refractivity contribution in [3.63, 3.8) is 0 Å². The Balaban J connectivity index is 0.966. The molecule has 0 aliphatic heterocycles. The topological polar surface area (TPSA) is 135 Å². The summed E-state index contributed by atoms with van der Waals surface area (Å²) in [7, 11) is 0. The number of nitrogens with zero attached hydrogens (tertiary/aromatic N) is 10. The first-order chi connectivity index (χ1) is 38.6. The van der Waals surface area contributed by atoms with Crippen LogP contribution >= 0.6 is 0 Å². The van der Waals surface area contributed by atoms with E-state index in [1.165, 1.54) is 0 Å².